The van der Waals surface area contributed by atoms with Gasteiger partial charge in [0.25, 0.3) is 0 Å². The van der Waals surface area contributed by atoms with Crippen molar-refractivity contribution in [2.24, 2.45) is 5.92 Å². The lowest BCUT2D eigenvalue weighted by molar-refractivity contribution is -0.133. The summed E-state index contributed by atoms with van der Waals surface area (Å²) in [5, 5.41) is 0.691. The molecular formula is C24H25Cl2N5O3. The number of hydrogen-bond donors (Lipinski definition) is 1. The number of methoxy groups -OCH3 is 2. The van der Waals surface area contributed by atoms with E-state index in [0.29, 0.717) is 60.3 Å². The van der Waals surface area contributed by atoms with Crippen molar-refractivity contribution in [3.8, 4) is 11.5 Å². The standard InChI is InChI=1S/C24H25Cl2N5O3/c1-33-17-12-15-16(13-18(17)34-2)28-23(29-21(15)27)31-10-8-30(9-11-31)22(32)20-19(24(20,25)26)14-6-4-3-5-7-14/h3-7,12-13,19-20H,8-11H2,1-2H3,(H2,27,28,29)/t19-,20-/m1/s1. The van der Waals surface area contributed by atoms with Gasteiger partial charge in [-0.05, 0) is 11.6 Å². The highest BCUT2D eigenvalue weighted by Crippen LogP contribution is 2.65. The molecule has 0 spiro atoms. The van der Waals surface area contributed by atoms with Gasteiger partial charge in [-0.1, -0.05) is 30.3 Å². The van der Waals surface area contributed by atoms with Gasteiger partial charge in [-0.3, -0.25) is 4.79 Å². The minimum Gasteiger partial charge on any atom is -0.493 e. The average molecular weight is 502 g/mol. The lowest BCUT2D eigenvalue weighted by Gasteiger charge is -2.35. The van der Waals surface area contributed by atoms with Crippen LogP contribution in [-0.2, 0) is 4.79 Å². The number of carbonyl (C=O) groups is 1. The van der Waals surface area contributed by atoms with E-state index in [1.165, 1.54) is 0 Å². The number of benzene rings is 2. The summed E-state index contributed by atoms with van der Waals surface area (Å²) in [5.74, 6) is 1.34. The predicted octanol–water partition coefficient (Wildman–Crippen LogP) is 3.47. The van der Waals surface area contributed by atoms with Crippen molar-refractivity contribution < 1.29 is 14.3 Å². The third-order valence-corrected chi connectivity index (χ3v) is 7.51. The quantitative estimate of drug-likeness (QED) is 0.534. The van der Waals surface area contributed by atoms with Crippen LogP contribution in [0.1, 0.15) is 11.5 Å². The summed E-state index contributed by atoms with van der Waals surface area (Å²) in [4.78, 5) is 26.3. The Morgan fingerprint density at radius 3 is 2.32 bits per heavy atom. The van der Waals surface area contributed by atoms with E-state index in [0.717, 1.165) is 5.56 Å². The smallest absolute Gasteiger partial charge is 0.229 e. The fourth-order valence-electron chi connectivity index (χ4n) is 4.64. The number of alkyl halides is 2. The van der Waals surface area contributed by atoms with Crippen molar-refractivity contribution in [2.45, 2.75) is 10.3 Å². The number of aromatic nitrogens is 2. The molecule has 2 atom stereocenters. The molecule has 34 heavy (non-hydrogen) atoms. The highest BCUT2D eigenvalue weighted by atomic mass is 35.5. The number of ether oxygens (including phenoxy) is 2. The molecule has 0 radical (unpaired) electrons. The van der Waals surface area contributed by atoms with E-state index in [4.69, 9.17) is 38.4 Å². The maximum Gasteiger partial charge on any atom is 0.229 e. The molecule has 1 aromatic heterocycles. The van der Waals surface area contributed by atoms with Gasteiger partial charge in [0.05, 0.1) is 25.7 Å². The second-order valence-electron chi connectivity index (χ2n) is 8.49. The van der Waals surface area contributed by atoms with Gasteiger partial charge < -0.3 is 25.0 Å². The highest BCUT2D eigenvalue weighted by Gasteiger charge is 2.68. The largest absolute Gasteiger partial charge is 0.493 e. The number of fused-ring (bicyclic) bond motifs is 1. The number of amides is 1. The number of halogens is 2. The molecule has 0 bridgehead atoms. The van der Waals surface area contributed by atoms with Crippen LogP contribution in [-0.4, -0.2) is 65.5 Å². The van der Waals surface area contributed by atoms with Gasteiger partial charge in [0, 0.05) is 43.5 Å². The molecular weight excluding hydrogens is 477 g/mol. The number of nitrogen functional groups attached to an aromatic ring is 1. The predicted molar refractivity (Wildman–Crippen MR) is 133 cm³/mol. The summed E-state index contributed by atoms with van der Waals surface area (Å²) in [6.45, 7) is 2.19. The van der Waals surface area contributed by atoms with Gasteiger partial charge in [0.2, 0.25) is 11.9 Å². The minimum atomic E-state index is -1.08. The number of nitrogens with zero attached hydrogens (tertiary/aromatic N) is 4. The Hall–Kier alpha value is -2.97. The van der Waals surface area contributed by atoms with Crippen LogP contribution in [0.25, 0.3) is 10.9 Å². The third kappa shape index (κ3) is 3.84. The zero-order valence-corrected chi connectivity index (χ0v) is 20.4. The average Bonchev–Trinajstić information content (AvgIpc) is 3.44. The van der Waals surface area contributed by atoms with Crippen molar-refractivity contribution in [1.29, 1.82) is 0 Å². The van der Waals surface area contributed by atoms with Gasteiger partial charge in [0.15, 0.2) is 11.5 Å². The Labute approximate surface area is 207 Å². The van der Waals surface area contributed by atoms with Crippen molar-refractivity contribution >= 4 is 51.8 Å². The number of rotatable bonds is 5. The first-order valence-corrected chi connectivity index (χ1v) is 11.8. The molecule has 1 aliphatic heterocycles. The van der Waals surface area contributed by atoms with Crippen molar-refractivity contribution in [3.05, 3.63) is 48.0 Å². The molecule has 2 aromatic carbocycles. The number of piperazine rings is 1. The van der Waals surface area contributed by atoms with E-state index in [-0.39, 0.29) is 11.8 Å². The fourth-order valence-corrected chi connectivity index (χ4v) is 5.46. The van der Waals surface area contributed by atoms with Crippen LogP contribution < -0.4 is 20.1 Å². The normalized spacial score (nSPS) is 21.4. The molecule has 3 aromatic rings. The molecule has 1 aliphatic carbocycles. The molecule has 0 unspecified atom stereocenters. The van der Waals surface area contributed by atoms with Crippen LogP contribution in [0.15, 0.2) is 42.5 Å². The second kappa shape index (κ2) is 8.67. The van der Waals surface area contributed by atoms with Crippen LogP contribution >= 0.6 is 23.2 Å². The second-order valence-corrected chi connectivity index (χ2v) is 9.93. The van der Waals surface area contributed by atoms with Gasteiger partial charge in [0.1, 0.15) is 10.2 Å². The summed E-state index contributed by atoms with van der Waals surface area (Å²) >= 11 is 13.0. The summed E-state index contributed by atoms with van der Waals surface area (Å²) in [6.07, 6.45) is 0. The molecule has 2 N–H and O–H groups in total. The third-order valence-electron chi connectivity index (χ3n) is 6.57. The van der Waals surface area contributed by atoms with Crippen LogP contribution in [0.2, 0.25) is 0 Å². The van der Waals surface area contributed by atoms with E-state index >= 15 is 0 Å². The maximum atomic E-state index is 13.2. The fraction of sp³-hybridized carbons (Fsp3) is 0.375. The molecule has 1 amide bonds. The lowest BCUT2D eigenvalue weighted by Crippen LogP contribution is -2.50. The Bertz CT molecular complexity index is 1230. The Morgan fingerprint density at radius 2 is 1.68 bits per heavy atom. The van der Waals surface area contributed by atoms with Crippen molar-refractivity contribution in [2.75, 3.05) is 51.0 Å². The Kier molecular flexibility index (Phi) is 5.81. The zero-order valence-electron chi connectivity index (χ0n) is 18.9. The van der Waals surface area contributed by atoms with Gasteiger partial charge in [-0.25, -0.2) is 4.98 Å². The first-order valence-electron chi connectivity index (χ1n) is 11.0. The number of carbonyl (C=O) groups excluding carboxylic acids is 1. The van der Waals surface area contributed by atoms with Crippen molar-refractivity contribution in [3.63, 3.8) is 0 Å². The lowest BCUT2D eigenvalue weighted by atomic mass is 10.1. The molecule has 2 fully saturated rings. The summed E-state index contributed by atoms with van der Waals surface area (Å²) in [5.41, 5.74) is 7.88. The first-order chi connectivity index (χ1) is 16.3. The number of hydrogen-bond acceptors (Lipinski definition) is 7. The van der Waals surface area contributed by atoms with Gasteiger partial charge in [-0.2, -0.15) is 4.98 Å². The minimum absolute atomic E-state index is 0.0192. The molecule has 2 heterocycles. The topological polar surface area (TPSA) is 93.8 Å². The summed E-state index contributed by atoms with van der Waals surface area (Å²) in [7, 11) is 3.14. The molecule has 8 nitrogen and oxygen atoms in total. The van der Waals surface area contributed by atoms with E-state index in [1.54, 1.807) is 26.4 Å². The summed E-state index contributed by atoms with van der Waals surface area (Å²) < 4.78 is 9.66. The Morgan fingerprint density at radius 1 is 1.03 bits per heavy atom. The zero-order chi connectivity index (χ0) is 24.0. The molecule has 1 saturated heterocycles. The van der Waals surface area contributed by atoms with Crippen LogP contribution in [0.5, 0.6) is 11.5 Å². The number of nitrogens with two attached hydrogens (primary N) is 1. The maximum absolute atomic E-state index is 13.2. The van der Waals surface area contributed by atoms with E-state index in [9.17, 15) is 4.79 Å². The molecule has 178 valence electrons. The van der Waals surface area contributed by atoms with Gasteiger partial charge in [-0.15, -0.1) is 23.2 Å². The summed E-state index contributed by atoms with van der Waals surface area (Å²) in [6, 6.07) is 13.3. The van der Waals surface area contributed by atoms with Crippen LogP contribution in [0, 0.1) is 5.92 Å². The molecule has 1 saturated carbocycles. The molecule has 5 rings (SSSR count). The van der Waals surface area contributed by atoms with Crippen molar-refractivity contribution in [1.82, 2.24) is 14.9 Å². The molecule has 10 heteroatoms. The monoisotopic (exact) mass is 501 g/mol. The van der Waals surface area contributed by atoms with E-state index < -0.39 is 10.3 Å². The van der Waals surface area contributed by atoms with Gasteiger partial charge >= 0.3 is 0 Å². The van der Waals surface area contributed by atoms with Crippen LogP contribution in [0.4, 0.5) is 11.8 Å². The van der Waals surface area contributed by atoms with Crippen LogP contribution in [0.3, 0.4) is 0 Å². The van der Waals surface area contributed by atoms with E-state index in [2.05, 4.69) is 9.97 Å². The highest BCUT2D eigenvalue weighted by molar-refractivity contribution is 6.53. The molecule has 2 aliphatic rings. The number of anilines is 2. The SMILES string of the molecule is COc1cc2nc(N3CCN(C(=O)[C@H]4[C@@H](c5ccccc5)C4(Cl)Cl)CC3)nc(N)c2cc1OC. The van der Waals surface area contributed by atoms with E-state index in [1.807, 2.05) is 40.1 Å². The first kappa shape index (κ1) is 22.8. The Balaban J connectivity index is 1.30.